The summed E-state index contributed by atoms with van der Waals surface area (Å²) in [6, 6.07) is 6.18. The fourth-order valence-corrected chi connectivity index (χ4v) is 3.53. The molecule has 0 aliphatic carbocycles. The summed E-state index contributed by atoms with van der Waals surface area (Å²) in [7, 11) is 2.60. The number of rotatable bonds is 5. The smallest absolute Gasteiger partial charge is 0.450 e. The van der Waals surface area contributed by atoms with E-state index in [0.29, 0.717) is 5.75 Å². The van der Waals surface area contributed by atoms with Gasteiger partial charge in [-0.1, -0.05) is 18.2 Å². The number of carbonyl (C=O) groups is 2. The minimum absolute atomic E-state index is 0.0130. The Bertz CT molecular complexity index is 995. The van der Waals surface area contributed by atoms with Gasteiger partial charge in [-0.2, -0.15) is 13.2 Å². The van der Waals surface area contributed by atoms with Crippen LogP contribution in [-0.2, 0) is 10.5 Å². The number of ether oxygens (including phenoxy) is 2. The van der Waals surface area contributed by atoms with Crippen molar-refractivity contribution in [1.82, 2.24) is 10.6 Å². The second-order valence-electron chi connectivity index (χ2n) is 6.84. The molecule has 0 radical (unpaired) electrons. The molecule has 3 atom stereocenters. The van der Waals surface area contributed by atoms with Crippen LogP contribution < -0.4 is 20.1 Å². The van der Waals surface area contributed by atoms with Crippen molar-refractivity contribution in [2.45, 2.75) is 17.9 Å². The summed E-state index contributed by atoms with van der Waals surface area (Å²) < 4.78 is 50.5. The van der Waals surface area contributed by atoms with Crippen molar-refractivity contribution in [2.75, 3.05) is 14.2 Å². The summed E-state index contributed by atoms with van der Waals surface area (Å²) in [5.41, 5.74) is -2.84. The molecular weight excluding hydrogens is 421 g/mol. The number of halogens is 3. The Hall–Kier alpha value is -3.47. The lowest BCUT2D eigenvalue weighted by molar-refractivity contribution is -0.190. The molecule has 11 heteroatoms. The molecule has 1 heterocycles. The van der Waals surface area contributed by atoms with Crippen molar-refractivity contribution in [3.63, 3.8) is 0 Å². The number of alkyl halides is 3. The predicted molar refractivity (Wildman–Crippen MR) is 101 cm³/mol. The number of aliphatic hydroxyl groups is 1. The zero-order valence-corrected chi connectivity index (χ0v) is 16.4. The molecule has 8 nitrogen and oxygen atoms in total. The van der Waals surface area contributed by atoms with Crippen LogP contribution in [0.2, 0.25) is 0 Å². The van der Waals surface area contributed by atoms with E-state index >= 15 is 0 Å². The standard InChI is InChI=1S/C20H19F3N2O6/c1-30-12-6-4-11(5-7-12)19(29)15(17(27)20(21,22)23)16(24-18(28)25-19)10-3-8-13(26)14(9-10)31-2/h3-9,15-16,26,29H,1-2H3,(H2,24,25,28)/t15-,16+,19-/m1/s1. The third kappa shape index (κ3) is 4.08. The molecule has 2 aromatic carbocycles. The van der Waals surface area contributed by atoms with E-state index in [1.807, 2.05) is 0 Å². The predicted octanol–water partition coefficient (Wildman–Crippen LogP) is 2.36. The first-order chi connectivity index (χ1) is 14.5. The van der Waals surface area contributed by atoms with E-state index < -0.39 is 35.7 Å². The lowest BCUT2D eigenvalue weighted by Gasteiger charge is -2.45. The second-order valence-corrected chi connectivity index (χ2v) is 6.84. The molecule has 2 amide bonds. The van der Waals surface area contributed by atoms with Crippen LogP contribution in [-0.4, -0.2) is 42.4 Å². The number of phenols is 1. The number of aromatic hydroxyl groups is 1. The van der Waals surface area contributed by atoms with Crippen molar-refractivity contribution in [3.05, 3.63) is 53.6 Å². The normalized spacial score (nSPS) is 23.5. The number of hydrogen-bond donors (Lipinski definition) is 4. The zero-order chi connectivity index (χ0) is 23.0. The Morgan fingerprint density at radius 1 is 1.10 bits per heavy atom. The molecule has 0 aromatic heterocycles. The number of nitrogens with one attached hydrogen (secondary N) is 2. The highest BCUT2D eigenvalue weighted by Crippen LogP contribution is 2.44. The Labute approximate surface area is 174 Å². The molecule has 3 rings (SSSR count). The third-order valence-electron chi connectivity index (χ3n) is 5.03. The number of Topliss-reactive ketones (excluding diaryl/α,β-unsaturated/α-hetero) is 1. The van der Waals surface area contributed by atoms with Gasteiger partial charge in [0.15, 0.2) is 17.2 Å². The van der Waals surface area contributed by atoms with Crippen molar-refractivity contribution < 1.29 is 42.4 Å². The molecule has 1 aliphatic heterocycles. The van der Waals surface area contributed by atoms with E-state index in [1.165, 1.54) is 50.6 Å². The molecular formula is C20H19F3N2O6. The van der Waals surface area contributed by atoms with E-state index in [0.717, 1.165) is 6.07 Å². The maximum Gasteiger partial charge on any atom is 0.450 e. The number of benzene rings is 2. The summed E-state index contributed by atoms with van der Waals surface area (Å²) in [5, 5.41) is 25.4. The fraction of sp³-hybridized carbons (Fsp3) is 0.300. The molecule has 2 aromatic rings. The Morgan fingerprint density at radius 3 is 2.29 bits per heavy atom. The number of phenolic OH excluding ortho intramolecular Hbond substituents is 1. The summed E-state index contributed by atoms with van der Waals surface area (Å²) in [6.45, 7) is 0. The van der Waals surface area contributed by atoms with Crippen LogP contribution in [0.25, 0.3) is 0 Å². The molecule has 0 spiro atoms. The summed E-state index contributed by atoms with van der Waals surface area (Å²) >= 11 is 0. The lowest BCUT2D eigenvalue weighted by atomic mass is 9.76. The van der Waals surface area contributed by atoms with Crippen LogP contribution in [0.1, 0.15) is 17.2 Å². The highest BCUT2D eigenvalue weighted by atomic mass is 19.4. The number of urea groups is 1. The van der Waals surface area contributed by atoms with Crippen molar-refractivity contribution in [1.29, 1.82) is 0 Å². The minimum atomic E-state index is -5.31. The summed E-state index contributed by atoms with van der Waals surface area (Å²) in [6.07, 6.45) is -5.31. The Balaban J connectivity index is 2.19. The molecule has 0 saturated carbocycles. The first-order valence-electron chi connectivity index (χ1n) is 8.94. The highest BCUT2D eigenvalue weighted by molar-refractivity contribution is 5.91. The fourth-order valence-electron chi connectivity index (χ4n) is 3.53. The maximum absolute atomic E-state index is 13.5. The first-order valence-corrected chi connectivity index (χ1v) is 8.94. The van der Waals surface area contributed by atoms with Gasteiger partial charge in [0.1, 0.15) is 11.7 Å². The monoisotopic (exact) mass is 440 g/mol. The number of carbonyl (C=O) groups excluding carboxylic acids is 2. The molecule has 1 aliphatic rings. The van der Waals surface area contributed by atoms with Gasteiger partial charge in [-0.05, 0) is 29.8 Å². The van der Waals surface area contributed by atoms with Gasteiger partial charge in [-0.25, -0.2) is 4.79 Å². The SMILES string of the molecule is COc1ccc([C@]2(O)NC(=O)N[C@@H](c3ccc(O)c(OC)c3)[C@@H]2C(=O)C(F)(F)F)cc1. The van der Waals surface area contributed by atoms with E-state index in [1.54, 1.807) is 0 Å². The van der Waals surface area contributed by atoms with Crippen LogP contribution >= 0.6 is 0 Å². The van der Waals surface area contributed by atoms with Crippen molar-refractivity contribution in [2.24, 2.45) is 5.92 Å². The van der Waals surface area contributed by atoms with Crippen LogP contribution in [0, 0.1) is 5.92 Å². The van der Waals surface area contributed by atoms with Crippen LogP contribution in [0.3, 0.4) is 0 Å². The minimum Gasteiger partial charge on any atom is -0.504 e. The van der Waals surface area contributed by atoms with Crippen molar-refractivity contribution >= 4 is 11.8 Å². The third-order valence-corrected chi connectivity index (χ3v) is 5.03. The average molecular weight is 440 g/mol. The maximum atomic E-state index is 13.5. The van der Waals surface area contributed by atoms with Crippen LogP contribution in [0.5, 0.6) is 17.2 Å². The van der Waals surface area contributed by atoms with Crippen molar-refractivity contribution in [3.8, 4) is 17.2 Å². The number of hydrogen-bond acceptors (Lipinski definition) is 6. The first kappa shape index (κ1) is 22.2. The molecule has 166 valence electrons. The molecule has 1 saturated heterocycles. The lowest BCUT2D eigenvalue weighted by Crippen LogP contribution is -2.66. The van der Waals surface area contributed by atoms with Crippen LogP contribution in [0.15, 0.2) is 42.5 Å². The van der Waals surface area contributed by atoms with Gasteiger partial charge in [0.25, 0.3) is 0 Å². The number of methoxy groups -OCH3 is 2. The molecule has 0 bridgehead atoms. The van der Waals surface area contributed by atoms with E-state index in [2.05, 4.69) is 10.6 Å². The number of ketones is 1. The summed E-state index contributed by atoms with van der Waals surface area (Å²) in [5.74, 6) is -4.48. The molecule has 0 unspecified atom stereocenters. The number of amides is 2. The van der Waals surface area contributed by atoms with Gasteiger partial charge >= 0.3 is 12.2 Å². The van der Waals surface area contributed by atoms with Crippen LogP contribution in [0.4, 0.5) is 18.0 Å². The zero-order valence-electron chi connectivity index (χ0n) is 16.4. The van der Waals surface area contributed by atoms with E-state index in [4.69, 9.17) is 9.47 Å². The average Bonchev–Trinajstić information content (AvgIpc) is 2.72. The van der Waals surface area contributed by atoms with Gasteiger partial charge in [0.2, 0.25) is 5.78 Å². The van der Waals surface area contributed by atoms with Gasteiger partial charge in [0.05, 0.1) is 20.3 Å². The van der Waals surface area contributed by atoms with Gasteiger partial charge in [-0.15, -0.1) is 0 Å². The Morgan fingerprint density at radius 2 is 1.74 bits per heavy atom. The van der Waals surface area contributed by atoms with Gasteiger partial charge in [0, 0.05) is 5.56 Å². The quantitative estimate of drug-likeness (QED) is 0.567. The van der Waals surface area contributed by atoms with E-state index in [-0.39, 0.29) is 22.6 Å². The molecule has 31 heavy (non-hydrogen) atoms. The second kappa shape index (κ2) is 7.99. The van der Waals surface area contributed by atoms with E-state index in [9.17, 15) is 33.0 Å². The molecule has 4 N–H and O–H groups in total. The molecule has 1 fully saturated rings. The summed E-state index contributed by atoms with van der Waals surface area (Å²) in [4.78, 5) is 24.8. The highest BCUT2D eigenvalue weighted by Gasteiger charge is 2.59. The van der Waals surface area contributed by atoms with Gasteiger partial charge in [-0.3, -0.25) is 4.79 Å². The topological polar surface area (TPSA) is 117 Å². The largest absolute Gasteiger partial charge is 0.504 e. The Kier molecular flexibility index (Phi) is 5.72. The van der Waals surface area contributed by atoms with Gasteiger partial charge < -0.3 is 30.3 Å².